The lowest BCUT2D eigenvalue weighted by Gasteiger charge is -2.04. The van der Waals surface area contributed by atoms with Gasteiger partial charge in [-0.2, -0.15) is 8.78 Å². The highest BCUT2D eigenvalue weighted by molar-refractivity contribution is 6.07. The van der Waals surface area contributed by atoms with E-state index in [1.54, 1.807) is 24.3 Å². The van der Waals surface area contributed by atoms with E-state index in [1.165, 1.54) is 0 Å². The third-order valence-corrected chi connectivity index (χ3v) is 2.81. The Morgan fingerprint density at radius 1 is 0.750 bits per heavy atom. The van der Waals surface area contributed by atoms with Crippen LogP contribution in [-0.2, 0) is 0 Å². The number of nitrogens with zero attached hydrogens (tertiary/aromatic N) is 1. The molecule has 0 atom stereocenters. The highest BCUT2D eigenvalue weighted by Gasteiger charge is 2.15. The number of rotatable bonds is 1. The Morgan fingerprint density at radius 3 is 1.62 bits per heavy atom. The van der Waals surface area contributed by atoms with Crippen LogP contribution in [0.15, 0.2) is 48.5 Å². The van der Waals surface area contributed by atoms with Gasteiger partial charge in [-0.05, 0) is 12.1 Å². The van der Waals surface area contributed by atoms with Crippen molar-refractivity contribution in [1.82, 2.24) is 4.57 Å². The molecule has 0 unspecified atom stereocenters. The minimum atomic E-state index is -2.51. The second kappa shape index (κ2) is 3.30. The van der Waals surface area contributed by atoms with Crippen LogP contribution in [-0.4, -0.2) is 4.57 Å². The van der Waals surface area contributed by atoms with Gasteiger partial charge >= 0.3 is 6.55 Å². The van der Waals surface area contributed by atoms with Gasteiger partial charge in [0.25, 0.3) is 0 Å². The summed E-state index contributed by atoms with van der Waals surface area (Å²) in [7, 11) is 0. The molecule has 0 aliphatic rings. The highest BCUT2D eigenvalue weighted by atomic mass is 19.3. The van der Waals surface area contributed by atoms with Crippen LogP contribution < -0.4 is 0 Å². The number of aromatic nitrogens is 1. The van der Waals surface area contributed by atoms with Gasteiger partial charge in [-0.3, -0.25) is 4.57 Å². The Hall–Kier alpha value is -1.90. The molecule has 0 amide bonds. The first-order chi connectivity index (χ1) is 7.79. The van der Waals surface area contributed by atoms with Crippen molar-refractivity contribution in [3.63, 3.8) is 0 Å². The third-order valence-electron chi connectivity index (χ3n) is 2.81. The van der Waals surface area contributed by atoms with E-state index in [2.05, 4.69) is 0 Å². The Kier molecular flexibility index (Phi) is 1.93. The minimum absolute atomic E-state index is 0.582. The average Bonchev–Trinajstić information content (AvgIpc) is 2.63. The first-order valence-corrected chi connectivity index (χ1v) is 5.05. The molecule has 0 aliphatic heterocycles. The van der Waals surface area contributed by atoms with Gasteiger partial charge < -0.3 is 0 Å². The second-order valence-electron chi connectivity index (χ2n) is 3.68. The van der Waals surface area contributed by atoms with Gasteiger partial charge in [-0.1, -0.05) is 36.4 Å². The Bertz CT molecular complexity index is 602. The number of hydrogen-bond acceptors (Lipinski definition) is 0. The van der Waals surface area contributed by atoms with Crippen molar-refractivity contribution in [2.45, 2.75) is 6.55 Å². The number of alkyl halides is 2. The molecule has 2 aromatic carbocycles. The molecule has 0 N–H and O–H groups in total. The summed E-state index contributed by atoms with van der Waals surface area (Å²) in [5, 5.41) is 1.75. The zero-order valence-electron chi connectivity index (χ0n) is 8.40. The fraction of sp³-hybridized carbons (Fsp3) is 0.0769. The first kappa shape index (κ1) is 9.33. The molecule has 1 nitrogen and oxygen atoms in total. The van der Waals surface area contributed by atoms with Crippen LogP contribution in [0.4, 0.5) is 8.78 Å². The summed E-state index contributed by atoms with van der Waals surface area (Å²) >= 11 is 0. The van der Waals surface area contributed by atoms with Crippen LogP contribution in [0.25, 0.3) is 21.8 Å². The quantitative estimate of drug-likeness (QED) is 0.576. The van der Waals surface area contributed by atoms with Crippen molar-refractivity contribution in [3.8, 4) is 0 Å². The summed E-state index contributed by atoms with van der Waals surface area (Å²) in [4.78, 5) is 0. The molecule has 0 aliphatic carbocycles. The predicted octanol–water partition coefficient (Wildman–Crippen LogP) is 4.19. The van der Waals surface area contributed by atoms with Crippen molar-refractivity contribution < 1.29 is 8.78 Å². The van der Waals surface area contributed by atoms with Crippen LogP contribution in [0.2, 0.25) is 0 Å². The normalized spacial score (nSPS) is 11.7. The summed E-state index contributed by atoms with van der Waals surface area (Å²) in [5.74, 6) is 0. The van der Waals surface area contributed by atoms with Crippen LogP contribution >= 0.6 is 0 Å². The van der Waals surface area contributed by atoms with E-state index in [4.69, 9.17) is 0 Å². The summed E-state index contributed by atoms with van der Waals surface area (Å²) < 4.78 is 27.1. The lowest BCUT2D eigenvalue weighted by molar-refractivity contribution is 0.0796. The largest absolute Gasteiger partial charge is 0.319 e. The Morgan fingerprint density at radius 2 is 1.19 bits per heavy atom. The van der Waals surface area contributed by atoms with E-state index in [0.717, 1.165) is 15.3 Å². The second-order valence-corrected chi connectivity index (χ2v) is 3.68. The van der Waals surface area contributed by atoms with E-state index in [1.807, 2.05) is 24.3 Å². The number of para-hydroxylation sites is 2. The number of hydrogen-bond donors (Lipinski definition) is 0. The SMILES string of the molecule is FC(F)n1c2ccccc2c2ccccc21. The van der Waals surface area contributed by atoms with Crippen molar-refractivity contribution >= 4 is 21.8 Å². The predicted molar refractivity (Wildman–Crippen MR) is 60.7 cm³/mol. The number of halogens is 2. The van der Waals surface area contributed by atoms with E-state index in [-0.39, 0.29) is 0 Å². The van der Waals surface area contributed by atoms with Gasteiger partial charge in [0.15, 0.2) is 0 Å². The summed E-state index contributed by atoms with van der Waals surface area (Å²) in [5.41, 5.74) is 1.16. The van der Waals surface area contributed by atoms with Gasteiger partial charge in [0.05, 0.1) is 11.0 Å². The van der Waals surface area contributed by atoms with Gasteiger partial charge in [-0.15, -0.1) is 0 Å². The third kappa shape index (κ3) is 1.14. The molecule has 80 valence electrons. The lowest BCUT2D eigenvalue weighted by atomic mass is 10.2. The molecule has 1 aromatic heterocycles. The maximum absolute atomic E-state index is 13.0. The van der Waals surface area contributed by atoms with E-state index < -0.39 is 6.55 Å². The molecule has 1 heterocycles. The fourth-order valence-electron chi connectivity index (χ4n) is 2.16. The van der Waals surface area contributed by atoms with Crippen molar-refractivity contribution in [3.05, 3.63) is 48.5 Å². The molecular weight excluding hydrogens is 208 g/mol. The van der Waals surface area contributed by atoms with E-state index in [0.29, 0.717) is 11.0 Å². The summed E-state index contributed by atoms with van der Waals surface area (Å²) in [6.07, 6.45) is 0. The number of benzene rings is 2. The maximum Gasteiger partial charge on any atom is 0.319 e. The van der Waals surface area contributed by atoms with Crippen molar-refractivity contribution in [1.29, 1.82) is 0 Å². The zero-order chi connectivity index (χ0) is 11.1. The summed E-state index contributed by atoms with van der Waals surface area (Å²) in [6, 6.07) is 14.5. The van der Waals surface area contributed by atoms with Gasteiger partial charge in [-0.25, -0.2) is 0 Å². The first-order valence-electron chi connectivity index (χ1n) is 5.05. The van der Waals surface area contributed by atoms with Crippen LogP contribution in [0.1, 0.15) is 6.55 Å². The van der Waals surface area contributed by atoms with Crippen LogP contribution in [0, 0.1) is 0 Å². The molecule has 0 spiro atoms. The monoisotopic (exact) mass is 217 g/mol. The van der Waals surface area contributed by atoms with Crippen LogP contribution in [0.5, 0.6) is 0 Å². The van der Waals surface area contributed by atoms with Crippen LogP contribution in [0.3, 0.4) is 0 Å². The molecule has 3 rings (SSSR count). The fourth-order valence-corrected chi connectivity index (χ4v) is 2.16. The Balaban J connectivity index is 2.59. The summed E-state index contributed by atoms with van der Waals surface area (Å²) in [6.45, 7) is -2.51. The highest BCUT2D eigenvalue weighted by Crippen LogP contribution is 2.32. The molecule has 0 saturated heterocycles. The van der Waals surface area contributed by atoms with Gasteiger partial charge in [0, 0.05) is 10.8 Å². The molecular formula is C13H9F2N. The zero-order valence-corrected chi connectivity index (χ0v) is 8.40. The molecule has 0 saturated carbocycles. The number of fused-ring (bicyclic) bond motifs is 3. The van der Waals surface area contributed by atoms with Gasteiger partial charge in [0.2, 0.25) is 0 Å². The topological polar surface area (TPSA) is 4.93 Å². The smallest absolute Gasteiger partial charge is 0.284 e. The molecule has 0 radical (unpaired) electrons. The Labute approximate surface area is 90.9 Å². The van der Waals surface area contributed by atoms with Crippen molar-refractivity contribution in [2.75, 3.05) is 0 Å². The standard InChI is InChI=1S/C13H9F2N/c14-13(15)16-11-7-3-1-5-9(11)10-6-2-4-8-12(10)16/h1-8,13H. The lowest BCUT2D eigenvalue weighted by Crippen LogP contribution is -1.96. The molecule has 16 heavy (non-hydrogen) atoms. The molecule has 0 fully saturated rings. The van der Waals surface area contributed by atoms with Crippen molar-refractivity contribution in [2.24, 2.45) is 0 Å². The van der Waals surface area contributed by atoms with Gasteiger partial charge in [0.1, 0.15) is 0 Å². The van der Waals surface area contributed by atoms with E-state index in [9.17, 15) is 8.78 Å². The maximum atomic E-state index is 13.0. The molecule has 3 heteroatoms. The van der Waals surface area contributed by atoms with E-state index >= 15 is 0 Å². The molecule has 0 bridgehead atoms. The minimum Gasteiger partial charge on any atom is -0.284 e. The average molecular weight is 217 g/mol. The molecule has 3 aromatic rings.